The van der Waals surface area contributed by atoms with Gasteiger partial charge >= 0.3 is 0 Å². The SMILES string of the molecule is CC[N+](Cc1ccccc1)(OCC(CC(C)C)Oc1ccccc1)OCC(CC(C)C)Oc1ccccc1. The largest absolute Gasteiger partial charge is 0.488 e. The third kappa shape index (κ3) is 10.5. The highest BCUT2D eigenvalue weighted by Gasteiger charge is 2.34. The molecule has 0 aliphatic carbocycles. The molecule has 5 heteroatoms. The number of rotatable bonds is 17. The van der Waals surface area contributed by atoms with Gasteiger partial charge in [0.25, 0.3) is 0 Å². The van der Waals surface area contributed by atoms with Crippen LogP contribution in [0.5, 0.6) is 11.5 Å². The van der Waals surface area contributed by atoms with E-state index < -0.39 is 0 Å². The van der Waals surface area contributed by atoms with Crippen molar-refractivity contribution in [2.45, 2.75) is 66.2 Å². The Morgan fingerprint density at radius 2 is 0.974 bits per heavy atom. The summed E-state index contributed by atoms with van der Waals surface area (Å²) >= 11 is 0. The summed E-state index contributed by atoms with van der Waals surface area (Å²) in [6.45, 7) is 13.0. The average molecular weight is 521 g/mol. The van der Waals surface area contributed by atoms with Gasteiger partial charge in [0.05, 0.1) is 0 Å². The molecule has 0 aromatic heterocycles. The summed E-state index contributed by atoms with van der Waals surface area (Å²) in [5, 5.41) is 0. The van der Waals surface area contributed by atoms with E-state index in [1.807, 2.05) is 66.7 Å². The van der Waals surface area contributed by atoms with Crippen LogP contribution in [0.25, 0.3) is 0 Å². The fraction of sp³-hybridized carbons (Fsp3) is 0.455. The zero-order valence-electron chi connectivity index (χ0n) is 23.8. The lowest BCUT2D eigenvalue weighted by molar-refractivity contribution is -1.26. The molecule has 3 rings (SSSR count). The molecule has 0 spiro atoms. The molecule has 0 heterocycles. The van der Waals surface area contributed by atoms with Gasteiger partial charge in [-0.15, -0.1) is 0 Å². The first-order valence-corrected chi connectivity index (χ1v) is 14.0. The molecule has 0 radical (unpaired) electrons. The van der Waals surface area contributed by atoms with Gasteiger partial charge in [0.2, 0.25) is 0 Å². The molecule has 0 saturated carbocycles. The minimum Gasteiger partial charge on any atom is -0.488 e. The number of ether oxygens (including phenoxy) is 2. The topological polar surface area (TPSA) is 36.9 Å². The lowest BCUT2D eigenvalue weighted by Crippen LogP contribution is -2.50. The predicted molar refractivity (Wildman–Crippen MR) is 153 cm³/mol. The van der Waals surface area contributed by atoms with E-state index in [1.165, 1.54) is 0 Å². The van der Waals surface area contributed by atoms with Gasteiger partial charge in [-0.05, 0) is 60.7 Å². The molecule has 3 aromatic carbocycles. The first-order chi connectivity index (χ1) is 18.4. The molecule has 0 saturated heterocycles. The van der Waals surface area contributed by atoms with Crippen LogP contribution in [0.15, 0.2) is 91.0 Å². The molecule has 0 bridgehead atoms. The van der Waals surface area contributed by atoms with Crippen molar-refractivity contribution in [3.05, 3.63) is 96.6 Å². The molecule has 0 aliphatic rings. The van der Waals surface area contributed by atoms with Crippen molar-refractivity contribution in [3.8, 4) is 11.5 Å². The number of nitrogens with zero attached hydrogens (tertiary/aromatic N) is 1. The monoisotopic (exact) mass is 520 g/mol. The highest BCUT2D eigenvalue weighted by molar-refractivity contribution is 5.22. The number of hydrogen-bond acceptors (Lipinski definition) is 4. The van der Waals surface area contributed by atoms with Crippen LogP contribution in [0.2, 0.25) is 0 Å². The van der Waals surface area contributed by atoms with E-state index in [0.717, 1.165) is 29.9 Å². The average Bonchev–Trinajstić information content (AvgIpc) is 2.91. The van der Waals surface area contributed by atoms with E-state index in [1.54, 1.807) is 0 Å². The Kier molecular flexibility index (Phi) is 12.1. The molecule has 0 fully saturated rings. The molecule has 0 amide bonds. The van der Waals surface area contributed by atoms with Gasteiger partial charge in [0, 0.05) is 5.56 Å². The number of para-hydroxylation sites is 2. The maximum atomic E-state index is 6.66. The third-order valence-corrected chi connectivity index (χ3v) is 6.30. The number of hydroxylamine groups is 4. The Labute approximate surface area is 229 Å². The van der Waals surface area contributed by atoms with E-state index in [0.29, 0.717) is 38.1 Å². The molecule has 0 aliphatic heterocycles. The van der Waals surface area contributed by atoms with Crippen molar-refractivity contribution >= 4 is 0 Å². The molecule has 206 valence electrons. The maximum absolute atomic E-state index is 6.66. The number of quaternary nitrogens is 1. The second kappa shape index (κ2) is 15.5. The maximum Gasteiger partial charge on any atom is 0.168 e. The van der Waals surface area contributed by atoms with Crippen LogP contribution in [-0.2, 0) is 16.2 Å². The highest BCUT2D eigenvalue weighted by Crippen LogP contribution is 2.23. The van der Waals surface area contributed by atoms with Crippen molar-refractivity contribution in [2.24, 2.45) is 11.8 Å². The Bertz CT molecular complexity index is 951. The van der Waals surface area contributed by atoms with E-state index >= 15 is 0 Å². The van der Waals surface area contributed by atoms with Crippen LogP contribution in [0.3, 0.4) is 0 Å². The van der Waals surface area contributed by atoms with Crippen LogP contribution in [-0.4, -0.2) is 36.8 Å². The van der Waals surface area contributed by atoms with Gasteiger partial charge in [-0.1, -0.05) is 94.4 Å². The standard InChI is InChI=1S/C33H46NO4/c1-6-34(24-29-16-10-7-11-17-29,35-25-32(22-27(2)3)37-30-18-12-8-13-19-30)36-26-33(23-28(4)5)38-31-20-14-9-15-21-31/h7-21,27-28,32-33H,6,22-26H2,1-5H3/q+1. The van der Waals surface area contributed by atoms with Gasteiger partial charge in [-0.2, -0.15) is 9.68 Å². The first kappa shape index (κ1) is 29.7. The molecule has 0 N–H and O–H groups in total. The zero-order valence-corrected chi connectivity index (χ0v) is 23.8. The Hall–Kier alpha value is -2.86. The van der Waals surface area contributed by atoms with Crippen LogP contribution >= 0.6 is 0 Å². The summed E-state index contributed by atoms with van der Waals surface area (Å²) in [7, 11) is 0. The van der Waals surface area contributed by atoms with Crippen molar-refractivity contribution < 1.29 is 24.0 Å². The van der Waals surface area contributed by atoms with E-state index in [-0.39, 0.29) is 17.0 Å². The van der Waals surface area contributed by atoms with E-state index in [4.69, 9.17) is 19.1 Å². The number of benzene rings is 3. The normalized spacial score (nSPS) is 14.7. The Balaban J connectivity index is 1.77. The molecular weight excluding hydrogens is 474 g/mol. The van der Waals surface area contributed by atoms with Gasteiger partial charge < -0.3 is 9.47 Å². The highest BCUT2D eigenvalue weighted by atomic mass is 17.0. The zero-order chi connectivity index (χ0) is 27.2. The molecule has 38 heavy (non-hydrogen) atoms. The van der Waals surface area contributed by atoms with Crippen LogP contribution in [0.1, 0.15) is 53.0 Å². The van der Waals surface area contributed by atoms with Crippen molar-refractivity contribution in [1.82, 2.24) is 0 Å². The van der Waals surface area contributed by atoms with E-state index in [2.05, 4.69) is 58.9 Å². The fourth-order valence-electron chi connectivity index (χ4n) is 4.46. The minimum absolute atomic E-state index is 0.0451. The summed E-state index contributed by atoms with van der Waals surface area (Å²) in [5.74, 6) is 2.66. The second-order valence-electron chi connectivity index (χ2n) is 10.7. The van der Waals surface area contributed by atoms with Crippen molar-refractivity contribution in [1.29, 1.82) is 0 Å². The summed E-state index contributed by atoms with van der Waals surface area (Å²) < 4.78 is 12.7. The van der Waals surface area contributed by atoms with E-state index in [9.17, 15) is 0 Å². The quantitative estimate of drug-likeness (QED) is 0.134. The lowest BCUT2D eigenvalue weighted by atomic mass is 10.1. The van der Waals surface area contributed by atoms with Gasteiger partial charge in [-0.3, -0.25) is 0 Å². The first-order valence-electron chi connectivity index (χ1n) is 14.0. The molecule has 2 unspecified atom stereocenters. The summed E-state index contributed by atoms with van der Waals surface area (Å²) in [5.41, 5.74) is 1.16. The third-order valence-electron chi connectivity index (χ3n) is 6.30. The fourth-order valence-corrected chi connectivity index (χ4v) is 4.46. The van der Waals surface area contributed by atoms with Gasteiger partial charge in [0.1, 0.15) is 43.5 Å². The number of hydrogen-bond donors (Lipinski definition) is 0. The smallest absolute Gasteiger partial charge is 0.168 e. The second-order valence-corrected chi connectivity index (χ2v) is 10.7. The lowest BCUT2D eigenvalue weighted by Gasteiger charge is -2.34. The predicted octanol–water partition coefficient (Wildman–Crippen LogP) is 7.87. The molecular formula is C33H46NO4+. The van der Waals surface area contributed by atoms with Crippen LogP contribution in [0, 0.1) is 11.8 Å². The molecule has 2 atom stereocenters. The van der Waals surface area contributed by atoms with Gasteiger partial charge in [0.15, 0.2) is 6.54 Å². The van der Waals surface area contributed by atoms with Crippen LogP contribution in [0.4, 0.5) is 0 Å². The Morgan fingerprint density at radius 3 is 1.34 bits per heavy atom. The summed E-state index contributed by atoms with van der Waals surface area (Å²) in [6.07, 6.45) is 1.59. The summed E-state index contributed by atoms with van der Waals surface area (Å²) in [4.78, 5) is 13.4. The Morgan fingerprint density at radius 1 is 0.579 bits per heavy atom. The van der Waals surface area contributed by atoms with Gasteiger partial charge in [-0.25, -0.2) is 0 Å². The van der Waals surface area contributed by atoms with Crippen molar-refractivity contribution in [2.75, 3.05) is 19.8 Å². The molecule has 3 aromatic rings. The van der Waals surface area contributed by atoms with Crippen LogP contribution < -0.4 is 9.47 Å². The van der Waals surface area contributed by atoms with Crippen molar-refractivity contribution in [3.63, 3.8) is 0 Å². The minimum atomic E-state index is -0.0900. The summed E-state index contributed by atoms with van der Waals surface area (Å²) in [6, 6.07) is 30.3. The molecule has 5 nitrogen and oxygen atoms in total.